The molecule has 1 aliphatic rings. The molecule has 1 unspecified atom stereocenters. The van der Waals surface area contributed by atoms with E-state index in [2.05, 4.69) is 20.4 Å². The lowest BCUT2D eigenvalue weighted by Crippen LogP contribution is -2.51. The molecule has 3 rings (SSSR count). The number of nitrogens with zero attached hydrogens (tertiary/aromatic N) is 2. The number of Topliss-reactive ketones (excluding diaryl/α,β-unsaturated/α-hetero) is 1. The Morgan fingerprint density at radius 2 is 1.94 bits per heavy atom. The molecule has 0 saturated carbocycles. The SMILES string of the molecule is COC(=O)C(C)NC(=O)C(=O)[C@@H]1CCCN1C(=O)CNC(=O)c1ccnc2ccccc12. The van der Waals surface area contributed by atoms with Crippen LogP contribution in [0.3, 0.4) is 0 Å². The summed E-state index contributed by atoms with van der Waals surface area (Å²) in [6, 6.07) is 6.79. The third-order valence-electron chi connectivity index (χ3n) is 5.30. The topological polar surface area (TPSA) is 135 Å². The van der Waals surface area contributed by atoms with Crippen molar-refractivity contribution in [2.24, 2.45) is 0 Å². The summed E-state index contributed by atoms with van der Waals surface area (Å²) in [7, 11) is 1.17. The number of hydrogen-bond acceptors (Lipinski definition) is 7. The molecule has 10 nitrogen and oxygen atoms in total. The first kappa shape index (κ1) is 22.9. The summed E-state index contributed by atoms with van der Waals surface area (Å²) in [5.74, 6) is -3.36. The lowest BCUT2D eigenvalue weighted by molar-refractivity contribution is -0.148. The van der Waals surface area contributed by atoms with Crippen LogP contribution in [-0.2, 0) is 23.9 Å². The van der Waals surface area contributed by atoms with Crippen molar-refractivity contribution < 1.29 is 28.7 Å². The normalized spacial score (nSPS) is 16.3. The van der Waals surface area contributed by atoms with Crippen LogP contribution in [0.1, 0.15) is 30.1 Å². The maximum atomic E-state index is 12.7. The molecular weight excluding hydrogens is 416 g/mol. The van der Waals surface area contributed by atoms with E-state index in [1.807, 2.05) is 6.07 Å². The van der Waals surface area contributed by atoms with E-state index in [-0.39, 0.29) is 6.54 Å². The van der Waals surface area contributed by atoms with Gasteiger partial charge < -0.3 is 20.3 Å². The molecule has 2 atom stereocenters. The van der Waals surface area contributed by atoms with Crippen molar-refractivity contribution in [2.75, 3.05) is 20.2 Å². The molecule has 2 heterocycles. The number of amides is 3. The zero-order valence-electron chi connectivity index (χ0n) is 17.8. The van der Waals surface area contributed by atoms with Gasteiger partial charge in [-0.05, 0) is 31.9 Å². The Morgan fingerprint density at radius 3 is 2.69 bits per heavy atom. The summed E-state index contributed by atoms with van der Waals surface area (Å²) < 4.78 is 4.52. The standard InChI is InChI=1S/C22H24N4O6/c1-13(22(31)32-2)25-21(30)19(28)17-8-5-11-26(17)18(27)12-24-20(29)15-9-10-23-16-7-4-3-6-14(15)16/h3-4,6-7,9-10,13,17H,5,8,11-12H2,1-2H3,(H,24,29)(H,25,30)/t13?,17-/m0/s1. The van der Waals surface area contributed by atoms with Crippen LogP contribution in [-0.4, -0.2) is 71.6 Å². The van der Waals surface area contributed by atoms with Crippen LogP contribution in [0.4, 0.5) is 0 Å². The number of nitrogens with one attached hydrogen (secondary N) is 2. The average molecular weight is 440 g/mol. The van der Waals surface area contributed by atoms with Gasteiger partial charge in [0.2, 0.25) is 11.7 Å². The van der Waals surface area contributed by atoms with Gasteiger partial charge in [0.15, 0.2) is 0 Å². The van der Waals surface area contributed by atoms with Gasteiger partial charge in [-0.25, -0.2) is 4.79 Å². The highest BCUT2D eigenvalue weighted by atomic mass is 16.5. The zero-order chi connectivity index (χ0) is 23.3. The molecule has 0 bridgehead atoms. The Kier molecular flexibility index (Phi) is 7.14. The number of aromatic nitrogens is 1. The van der Waals surface area contributed by atoms with Crippen LogP contribution >= 0.6 is 0 Å². The maximum absolute atomic E-state index is 12.7. The number of methoxy groups -OCH3 is 1. The van der Waals surface area contributed by atoms with E-state index in [0.29, 0.717) is 35.9 Å². The van der Waals surface area contributed by atoms with Crippen LogP contribution in [0.25, 0.3) is 10.9 Å². The number of esters is 1. The Bertz CT molecular complexity index is 1060. The number of para-hydroxylation sites is 1. The highest BCUT2D eigenvalue weighted by Gasteiger charge is 2.37. The number of pyridine rings is 1. The summed E-state index contributed by atoms with van der Waals surface area (Å²) in [6.07, 6.45) is 2.39. The van der Waals surface area contributed by atoms with Gasteiger partial charge >= 0.3 is 5.97 Å². The van der Waals surface area contributed by atoms with Gasteiger partial charge in [-0.15, -0.1) is 0 Å². The molecule has 168 valence electrons. The fourth-order valence-electron chi connectivity index (χ4n) is 3.64. The number of carbonyl (C=O) groups excluding carboxylic acids is 5. The quantitative estimate of drug-likeness (QED) is 0.464. The molecule has 1 aliphatic heterocycles. The van der Waals surface area contributed by atoms with Crippen molar-refractivity contribution in [3.63, 3.8) is 0 Å². The van der Waals surface area contributed by atoms with Crippen LogP contribution < -0.4 is 10.6 Å². The molecule has 1 fully saturated rings. The van der Waals surface area contributed by atoms with Gasteiger partial charge in [0.1, 0.15) is 12.1 Å². The van der Waals surface area contributed by atoms with Crippen LogP contribution in [0.5, 0.6) is 0 Å². The highest BCUT2D eigenvalue weighted by Crippen LogP contribution is 2.19. The van der Waals surface area contributed by atoms with E-state index in [9.17, 15) is 24.0 Å². The van der Waals surface area contributed by atoms with E-state index in [1.165, 1.54) is 25.1 Å². The number of carbonyl (C=O) groups is 5. The summed E-state index contributed by atoms with van der Waals surface area (Å²) in [5.41, 5.74) is 1.04. The molecule has 0 aliphatic carbocycles. The molecule has 2 N–H and O–H groups in total. The lowest BCUT2D eigenvalue weighted by Gasteiger charge is -2.24. The van der Waals surface area contributed by atoms with Gasteiger partial charge in [0, 0.05) is 18.1 Å². The number of fused-ring (bicyclic) bond motifs is 1. The Labute approximate surface area is 184 Å². The fourth-order valence-corrected chi connectivity index (χ4v) is 3.64. The van der Waals surface area contributed by atoms with E-state index in [0.717, 1.165) is 0 Å². The number of ether oxygens (including phenoxy) is 1. The number of benzene rings is 1. The molecular formula is C22H24N4O6. The van der Waals surface area contributed by atoms with Gasteiger partial charge in [-0.3, -0.25) is 24.2 Å². The summed E-state index contributed by atoms with van der Waals surface area (Å²) >= 11 is 0. The lowest BCUT2D eigenvalue weighted by atomic mass is 10.1. The second-order valence-corrected chi connectivity index (χ2v) is 7.39. The minimum Gasteiger partial charge on any atom is -0.467 e. The second-order valence-electron chi connectivity index (χ2n) is 7.39. The average Bonchev–Trinajstić information content (AvgIpc) is 3.30. The molecule has 1 aromatic heterocycles. The van der Waals surface area contributed by atoms with Crippen molar-refractivity contribution in [3.8, 4) is 0 Å². The smallest absolute Gasteiger partial charge is 0.328 e. The van der Waals surface area contributed by atoms with Crippen LogP contribution in [0.15, 0.2) is 36.5 Å². The fraction of sp³-hybridized carbons (Fsp3) is 0.364. The van der Waals surface area contributed by atoms with Crippen LogP contribution in [0, 0.1) is 0 Å². The molecule has 0 radical (unpaired) electrons. The number of ketones is 1. The van der Waals surface area contributed by atoms with Crippen LogP contribution in [0.2, 0.25) is 0 Å². The van der Waals surface area contributed by atoms with E-state index in [4.69, 9.17) is 0 Å². The Morgan fingerprint density at radius 1 is 1.19 bits per heavy atom. The highest BCUT2D eigenvalue weighted by molar-refractivity contribution is 6.38. The largest absolute Gasteiger partial charge is 0.467 e. The van der Waals surface area contributed by atoms with Crippen molar-refractivity contribution >= 4 is 40.4 Å². The summed E-state index contributed by atoms with van der Waals surface area (Å²) in [4.78, 5) is 67.1. The van der Waals surface area contributed by atoms with E-state index < -0.39 is 41.6 Å². The predicted octanol–water partition coefficient (Wildman–Crippen LogP) is 0.202. The summed E-state index contributed by atoms with van der Waals surface area (Å²) in [6.45, 7) is 1.37. The third kappa shape index (κ3) is 4.90. The van der Waals surface area contributed by atoms with Gasteiger partial charge in [0.25, 0.3) is 11.8 Å². The predicted molar refractivity (Wildman–Crippen MR) is 113 cm³/mol. The first-order valence-corrected chi connectivity index (χ1v) is 10.2. The second kappa shape index (κ2) is 9.99. The first-order valence-electron chi connectivity index (χ1n) is 10.2. The minimum atomic E-state index is -0.989. The molecule has 1 aromatic carbocycles. The number of hydrogen-bond donors (Lipinski definition) is 2. The Balaban J connectivity index is 1.61. The van der Waals surface area contributed by atoms with Crippen molar-refractivity contribution in [1.29, 1.82) is 0 Å². The molecule has 1 saturated heterocycles. The maximum Gasteiger partial charge on any atom is 0.328 e. The first-order chi connectivity index (χ1) is 15.3. The molecule has 32 heavy (non-hydrogen) atoms. The third-order valence-corrected chi connectivity index (χ3v) is 5.30. The summed E-state index contributed by atoms with van der Waals surface area (Å²) in [5, 5.41) is 5.52. The Hall–Kier alpha value is -3.82. The van der Waals surface area contributed by atoms with Crippen molar-refractivity contribution in [1.82, 2.24) is 20.5 Å². The van der Waals surface area contributed by atoms with Gasteiger partial charge in [-0.1, -0.05) is 18.2 Å². The molecule has 10 heteroatoms. The van der Waals surface area contributed by atoms with Gasteiger partial charge in [-0.2, -0.15) is 0 Å². The monoisotopic (exact) mass is 440 g/mol. The van der Waals surface area contributed by atoms with Crippen molar-refractivity contribution in [2.45, 2.75) is 31.8 Å². The minimum absolute atomic E-state index is 0.295. The molecule has 0 spiro atoms. The molecule has 2 aromatic rings. The molecule has 3 amide bonds. The number of likely N-dealkylation sites (tertiary alicyclic amines) is 1. The number of rotatable bonds is 7. The van der Waals surface area contributed by atoms with E-state index >= 15 is 0 Å². The zero-order valence-corrected chi connectivity index (χ0v) is 17.8. The van der Waals surface area contributed by atoms with Gasteiger partial charge in [0.05, 0.1) is 24.7 Å². The van der Waals surface area contributed by atoms with Crippen molar-refractivity contribution in [3.05, 3.63) is 42.1 Å². The van der Waals surface area contributed by atoms with E-state index in [1.54, 1.807) is 24.3 Å².